The van der Waals surface area contributed by atoms with E-state index in [9.17, 15) is 14.0 Å². The molecule has 1 aliphatic heterocycles. The fraction of sp³-hybridized carbons (Fsp3) is 0.167. The van der Waals surface area contributed by atoms with Crippen LogP contribution in [0, 0.1) is 26.6 Å². The molecule has 1 aromatic heterocycles. The summed E-state index contributed by atoms with van der Waals surface area (Å²) in [5.74, 6) is -0.674. The summed E-state index contributed by atoms with van der Waals surface area (Å²) in [6.45, 7) is 6.23. The maximum absolute atomic E-state index is 13.1. The number of aryl methyl sites for hydroxylation is 2. The lowest BCUT2D eigenvalue weighted by molar-refractivity contribution is -0.123. The van der Waals surface area contributed by atoms with Gasteiger partial charge in [-0.1, -0.05) is 30.3 Å². The molecular weight excluding hydrogens is 399 g/mol. The Hall–Kier alpha value is -3.12. The van der Waals surface area contributed by atoms with Crippen LogP contribution in [0.3, 0.4) is 0 Å². The smallest absolute Gasteiger partial charge is 0.293 e. The molecule has 0 radical (unpaired) electrons. The Balaban J connectivity index is 1.63. The van der Waals surface area contributed by atoms with Crippen molar-refractivity contribution in [2.45, 2.75) is 27.3 Å². The second kappa shape index (κ2) is 7.95. The molecule has 0 saturated carbocycles. The van der Waals surface area contributed by atoms with E-state index in [2.05, 4.69) is 23.6 Å². The number of nitrogens with zero attached hydrogens (tertiary/aromatic N) is 2. The minimum atomic E-state index is -0.350. The number of benzene rings is 2. The van der Waals surface area contributed by atoms with E-state index in [1.165, 1.54) is 17.0 Å². The van der Waals surface area contributed by atoms with Gasteiger partial charge < -0.3 is 4.57 Å². The van der Waals surface area contributed by atoms with E-state index in [1.54, 1.807) is 18.2 Å². The fourth-order valence-electron chi connectivity index (χ4n) is 3.67. The summed E-state index contributed by atoms with van der Waals surface area (Å²) in [7, 11) is 0. The second-order valence-corrected chi connectivity index (χ2v) is 8.34. The van der Waals surface area contributed by atoms with Gasteiger partial charge in [-0.05, 0) is 79.6 Å². The van der Waals surface area contributed by atoms with Gasteiger partial charge >= 0.3 is 0 Å². The van der Waals surface area contributed by atoms with Crippen LogP contribution in [-0.4, -0.2) is 20.6 Å². The number of carbonyl (C=O) groups excluding carboxylic acids is 2. The zero-order chi connectivity index (χ0) is 21.4. The van der Waals surface area contributed by atoms with Crippen LogP contribution in [-0.2, 0) is 11.3 Å². The predicted molar refractivity (Wildman–Crippen MR) is 118 cm³/mol. The fourth-order valence-corrected chi connectivity index (χ4v) is 4.50. The quantitative estimate of drug-likeness (QED) is 0.503. The maximum Gasteiger partial charge on any atom is 0.293 e. The molecule has 3 aromatic rings. The van der Waals surface area contributed by atoms with Crippen molar-refractivity contribution < 1.29 is 14.0 Å². The van der Waals surface area contributed by atoms with Crippen molar-refractivity contribution in [2.75, 3.05) is 0 Å². The van der Waals surface area contributed by atoms with Gasteiger partial charge in [0, 0.05) is 17.1 Å². The Kier molecular flexibility index (Phi) is 5.35. The van der Waals surface area contributed by atoms with Crippen molar-refractivity contribution in [3.63, 3.8) is 0 Å². The largest absolute Gasteiger partial charge is 0.318 e. The van der Waals surface area contributed by atoms with Gasteiger partial charge in [0.15, 0.2) is 0 Å². The summed E-state index contributed by atoms with van der Waals surface area (Å²) >= 11 is 0.937. The van der Waals surface area contributed by atoms with Crippen LogP contribution in [0.5, 0.6) is 0 Å². The topological polar surface area (TPSA) is 42.3 Å². The third-order valence-electron chi connectivity index (χ3n) is 5.24. The van der Waals surface area contributed by atoms with Crippen LogP contribution in [0.4, 0.5) is 9.18 Å². The second-order valence-electron chi connectivity index (χ2n) is 7.34. The summed E-state index contributed by atoms with van der Waals surface area (Å²) < 4.78 is 15.3. The molecule has 0 unspecified atom stereocenters. The molecule has 4 rings (SSSR count). The van der Waals surface area contributed by atoms with Gasteiger partial charge in [-0.25, -0.2) is 4.39 Å². The summed E-state index contributed by atoms with van der Waals surface area (Å²) in [6, 6.07) is 16.0. The molecule has 0 N–H and O–H groups in total. The Morgan fingerprint density at radius 3 is 2.40 bits per heavy atom. The highest BCUT2D eigenvalue weighted by Gasteiger charge is 2.35. The normalized spacial score (nSPS) is 15.5. The third-order valence-corrected chi connectivity index (χ3v) is 6.15. The van der Waals surface area contributed by atoms with E-state index in [-0.39, 0.29) is 23.5 Å². The van der Waals surface area contributed by atoms with Crippen LogP contribution in [0.2, 0.25) is 0 Å². The zero-order valence-electron chi connectivity index (χ0n) is 17.0. The van der Waals surface area contributed by atoms with Crippen molar-refractivity contribution in [1.29, 1.82) is 0 Å². The van der Waals surface area contributed by atoms with Crippen LogP contribution < -0.4 is 0 Å². The van der Waals surface area contributed by atoms with Gasteiger partial charge in [0.25, 0.3) is 11.1 Å². The molecule has 0 atom stereocenters. The summed E-state index contributed by atoms with van der Waals surface area (Å²) in [6.07, 6.45) is 1.78. The highest BCUT2D eigenvalue weighted by molar-refractivity contribution is 8.18. The van der Waals surface area contributed by atoms with Crippen molar-refractivity contribution >= 4 is 29.0 Å². The minimum Gasteiger partial charge on any atom is -0.318 e. The summed E-state index contributed by atoms with van der Waals surface area (Å²) in [5.41, 5.74) is 5.92. The number of aromatic nitrogens is 1. The van der Waals surface area contributed by atoms with Crippen LogP contribution in [0.15, 0.2) is 59.5 Å². The molecular formula is C24H21FN2O2S. The van der Waals surface area contributed by atoms with Gasteiger partial charge in [-0.2, -0.15) is 0 Å². The lowest BCUT2D eigenvalue weighted by Crippen LogP contribution is -2.27. The van der Waals surface area contributed by atoms with Crippen molar-refractivity contribution in [3.8, 4) is 5.69 Å². The van der Waals surface area contributed by atoms with Gasteiger partial charge in [-0.3, -0.25) is 14.5 Å². The van der Waals surface area contributed by atoms with Crippen LogP contribution in [0.1, 0.15) is 28.1 Å². The Labute approximate surface area is 179 Å². The number of carbonyl (C=O) groups is 2. The molecule has 0 bridgehead atoms. The highest BCUT2D eigenvalue weighted by Crippen LogP contribution is 2.35. The van der Waals surface area contributed by atoms with E-state index < -0.39 is 0 Å². The lowest BCUT2D eigenvalue weighted by atomic mass is 10.2. The average Bonchev–Trinajstić information content (AvgIpc) is 3.14. The van der Waals surface area contributed by atoms with E-state index in [1.807, 2.05) is 32.0 Å². The van der Waals surface area contributed by atoms with E-state index in [0.29, 0.717) is 10.5 Å². The molecule has 2 aromatic carbocycles. The number of halogens is 1. The standard InChI is InChI=1S/C24H21FN2O2S/c1-15-6-4-5-7-21(15)27-16(2)12-19(17(27)3)13-22-23(28)26(24(29)30-22)14-18-8-10-20(25)11-9-18/h4-13H,14H2,1-3H3/b22-13-. The van der Waals surface area contributed by atoms with Gasteiger partial charge in [0.05, 0.1) is 11.4 Å². The number of hydrogen-bond donors (Lipinski definition) is 0. The Morgan fingerprint density at radius 1 is 1.00 bits per heavy atom. The minimum absolute atomic E-state index is 0.129. The number of rotatable bonds is 4. The molecule has 1 saturated heterocycles. The number of imide groups is 1. The number of para-hydroxylation sites is 1. The van der Waals surface area contributed by atoms with Crippen molar-refractivity contribution in [3.05, 3.63) is 93.4 Å². The summed E-state index contributed by atoms with van der Waals surface area (Å²) in [4.78, 5) is 26.9. The molecule has 152 valence electrons. The van der Waals surface area contributed by atoms with E-state index in [0.717, 1.165) is 40.0 Å². The molecule has 6 heteroatoms. The van der Waals surface area contributed by atoms with Crippen molar-refractivity contribution in [1.82, 2.24) is 9.47 Å². The zero-order valence-corrected chi connectivity index (χ0v) is 17.8. The molecule has 2 amide bonds. The molecule has 30 heavy (non-hydrogen) atoms. The first kappa shape index (κ1) is 20.2. The highest BCUT2D eigenvalue weighted by atomic mass is 32.2. The Morgan fingerprint density at radius 2 is 1.70 bits per heavy atom. The van der Waals surface area contributed by atoms with Gasteiger partial charge in [-0.15, -0.1) is 0 Å². The first-order valence-corrected chi connectivity index (χ1v) is 10.4. The Bertz CT molecular complexity index is 1180. The lowest BCUT2D eigenvalue weighted by Gasteiger charge is -2.12. The molecule has 4 nitrogen and oxygen atoms in total. The third kappa shape index (κ3) is 3.71. The van der Waals surface area contributed by atoms with Gasteiger partial charge in [0.1, 0.15) is 5.82 Å². The van der Waals surface area contributed by atoms with Crippen LogP contribution in [0.25, 0.3) is 11.8 Å². The first-order valence-electron chi connectivity index (χ1n) is 9.60. The molecule has 0 aliphatic carbocycles. The van der Waals surface area contributed by atoms with E-state index >= 15 is 0 Å². The number of hydrogen-bond acceptors (Lipinski definition) is 3. The van der Waals surface area contributed by atoms with E-state index in [4.69, 9.17) is 0 Å². The number of amides is 2. The first-order chi connectivity index (χ1) is 14.3. The summed E-state index contributed by atoms with van der Waals surface area (Å²) in [5, 5.41) is -0.316. The molecule has 2 heterocycles. The van der Waals surface area contributed by atoms with Crippen LogP contribution >= 0.6 is 11.8 Å². The van der Waals surface area contributed by atoms with Crippen molar-refractivity contribution in [2.24, 2.45) is 0 Å². The van der Waals surface area contributed by atoms with Gasteiger partial charge in [0.2, 0.25) is 0 Å². The number of thioether (sulfide) groups is 1. The molecule has 1 fully saturated rings. The predicted octanol–water partition coefficient (Wildman–Crippen LogP) is 5.78. The average molecular weight is 421 g/mol. The molecule has 1 aliphatic rings. The monoisotopic (exact) mass is 420 g/mol. The SMILES string of the molecule is Cc1ccccc1-n1c(C)cc(/C=C2\SC(=O)N(Cc3ccc(F)cc3)C2=O)c1C. The maximum atomic E-state index is 13.1. The molecule has 0 spiro atoms.